The number of carbonyl (C=O) groups excluding carboxylic acids is 1. The van der Waals surface area contributed by atoms with Gasteiger partial charge in [-0.15, -0.1) is 0 Å². The zero-order chi connectivity index (χ0) is 16.5. The van der Waals surface area contributed by atoms with Crippen LogP contribution in [0.1, 0.15) is 38.8 Å². The van der Waals surface area contributed by atoms with Crippen molar-refractivity contribution in [3.63, 3.8) is 0 Å². The quantitative estimate of drug-likeness (QED) is 0.934. The Balaban J connectivity index is 2.38. The minimum atomic E-state index is -0.137. The molecule has 1 heterocycles. The molecule has 0 saturated carbocycles. The van der Waals surface area contributed by atoms with Crippen molar-refractivity contribution in [3.8, 4) is 11.5 Å². The van der Waals surface area contributed by atoms with Gasteiger partial charge in [0.15, 0.2) is 11.5 Å². The molecule has 1 N–H and O–H groups in total. The second-order valence-corrected chi connectivity index (χ2v) is 6.71. The molecule has 0 unspecified atom stereocenters. The molecule has 0 aromatic heterocycles. The lowest BCUT2D eigenvalue weighted by molar-refractivity contribution is 0.171. The van der Waals surface area contributed by atoms with E-state index in [1.807, 2.05) is 30.9 Å². The fraction of sp³-hybridized carbons (Fsp3) is 0.588. The third kappa shape index (κ3) is 3.13. The van der Waals surface area contributed by atoms with Crippen LogP contribution in [-0.2, 0) is 12.0 Å². The van der Waals surface area contributed by atoms with Crippen molar-refractivity contribution in [1.82, 2.24) is 10.2 Å². The summed E-state index contributed by atoms with van der Waals surface area (Å²) >= 11 is 0. The molecule has 0 atom stereocenters. The van der Waals surface area contributed by atoms with Crippen LogP contribution in [0.25, 0.3) is 0 Å². The topological polar surface area (TPSA) is 50.8 Å². The lowest BCUT2D eigenvalue weighted by Gasteiger charge is -2.40. The van der Waals surface area contributed by atoms with E-state index < -0.39 is 0 Å². The Kier molecular flexibility index (Phi) is 4.54. The van der Waals surface area contributed by atoms with Gasteiger partial charge in [0.1, 0.15) is 0 Å². The number of nitrogens with one attached hydrogen (secondary N) is 1. The standard InChI is InChI=1S/C17H26N2O3/c1-11(2)18-16(20)19-9-12-7-14(21-5)15(22-6)8-13(12)17(3,4)10-19/h7-8,11H,9-10H2,1-6H3,(H,18,20). The Hall–Kier alpha value is -1.91. The highest BCUT2D eigenvalue weighted by Crippen LogP contribution is 2.40. The van der Waals surface area contributed by atoms with Crippen molar-refractivity contribution in [3.05, 3.63) is 23.3 Å². The van der Waals surface area contributed by atoms with Crippen LogP contribution in [0.2, 0.25) is 0 Å². The van der Waals surface area contributed by atoms with Crippen molar-refractivity contribution in [1.29, 1.82) is 0 Å². The second kappa shape index (κ2) is 6.07. The maximum absolute atomic E-state index is 12.3. The number of ether oxygens (including phenoxy) is 2. The molecule has 0 radical (unpaired) electrons. The smallest absolute Gasteiger partial charge is 0.317 e. The zero-order valence-corrected chi connectivity index (χ0v) is 14.3. The van der Waals surface area contributed by atoms with Gasteiger partial charge in [-0.2, -0.15) is 0 Å². The first-order chi connectivity index (χ1) is 10.3. The maximum Gasteiger partial charge on any atom is 0.317 e. The van der Waals surface area contributed by atoms with Crippen LogP contribution in [0.15, 0.2) is 12.1 Å². The molecular formula is C17H26N2O3. The molecule has 2 amide bonds. The number of benzene rings is 1. The maximum atomic E-state index is 12.3. The van der Waals surface area contributed by atoms with Crippen molar-refractivity contribution in [2.24, 2.45) is 0 Å². The second-order valence-electron chi connectivity index (χ2n) is 6.71. The molecule has 1 aromatic carbocycles. The highest BCUT2D eigenvalue weighted by Gasteiger charge is 2.35. The Labute approximate surface area is 132 Å². The first-order valence-electron chi connectivity index (χ1n) is 7.59. The molecule has 1 aliphatic rings. The number of urea groups is 1. The van der Waals surface area contributed by atoms with E-state index in [-0.39, 0.29) is 17.5 Å². The van der Waals surface area contributed by atoms with Gasteiger partial charge in [0.2, 0.25) is 0 Å². The number of hydrogen-bond donors (Lipinski definition) is 1. The van der Waals surface area contributed by atoms with Gasteiger partial charge >= 0.3 is 6.03 Å². The van der Waals surface area contributed by atoms with Crippen molar-refractivity contribution in [2.75, 3.05) is 20.8 Å². The molecule has 122 valence electrons. The highest BCUT2D eigenvalue weighted by atomic mass is 16.5. The lowest BCUT2D eigenvalue weighted by Crippen LogP contribution is -2.50. The third-order valence-corrected chi connectivity index (χ3v) is 3.99. The summed E-state index contributed by atoms with van der Waals surface area (Å²) in [5, 5.41) is 2.96. The van der Waals surface area contributed by atoms with Gasteiger partial charge in [-0.1, -0.05) is 13.8 Å². The minimum Gasteiger partial charge on any atom is -0.493 e. The van der Waals surface area contributed by atoms with E-state index in [2.05, 4.69) is 19.2 Å². The summed E-state index contributed by atoms with van der Waals surface area (Å²) in [6.07, 6.45) is 0. The molecule has 0 fully saturated rings. The highest BCUT2D eigenvalue weighted by molar-refractivity contribution is 5.75. The number of methoxy groups -OCH3 is 2. The summed E-state index contributed by atoms with van der Waals surface area (Å²) in [4.78, 5) is 14.2. The van der Waals surface area contributed by atoms with Crippen LogP contribution in [0, 0.1) is 0 Å². The lowest BCUT2D eigenvalue weighted by atomic mass is 9.78. The molecule has 5 heteroatoms. The summed E-state index contributed by atoms with van der Waals surface area (Å²) in [7, 11) is 3.27. The van der Waals surface area contributed by atoms with Crippen molar-refractivity contribution < 1.29 is 14.3 Å². The Morgan fingerprint density at radius 1 is 1.23 bits per heavy atom. The Morgan fingerprint density at radius 3 is 2.36 bits per heavy atom. The number of rotatable bonds is 3. The molecule has 2 rings (SSSR count). The average molecular weight is 306 g/mol. The summed E-state index contributed by atoms with van der Waals surface area (Å²) < 4.78 is 10.8. The average Bonchev–Trinajstić information content (AvgIpc) is 2.44. The number of amides is 2. The first-order valence-corrected chi connectivity index (χ1v) is 7.59. The predicted molar refractivity (Wildman–Crippen MR) is 86.6 cm³/mol. The van der Waals surface area contributed by atoms with E-state index in [1.165, 1.54) is 5.56 Å². The fourth-order valence-corrected chi connectivity index (χ4v) is 2.99. The van der Waals surface area contributed by atoms with Gasteiger partial charge in [0.25, 0.3) is 0 Å². The van der Waals surface area contributed by atoms with Crippen molar-refractivity contribution >= 4 is 6.03 Å². The van der Waals surface area contributed by atoms with Crippen molar-refractivity contribution in [2.45, 2.75) is 45.7 Å². The van der Waals surface area contributed by atoms with Gasteiger partial charge in [-0.05, 0) is 37.1 Å². The monoisotopic (exact) mass is 306 g/mol. The zero-order valence-electron chi connectivity index (χ0n) is 14.3. The Bertz CT molecular complexity index is 567. The normalized spacial score (nSPS) is 16.2. The van der Waals surface area contributed by atoms with Crippen LogP contribution >= 0.6 is 0 Å². The van der Waals surface area contributed by atoms with Crippen LogP contribution in [0.4, 0.5) is 4.79 Å². The van der Waals surface area contributed by atoms with E-state index in [4.69, 9.17) is 9.47 Å². The van der Waals surface area contributed by atoms with Crippen LogP contribution in [-0.4, -0.2) is 37.7 Å². The van der Waals surface area contributed by atoms with Gasteiger partial charge in [0, 0.05) is 24.5 Å². The summed E-state index contributed by atoms with van der Waals surface area (Å²) in [5.74, 6) is 1.43. The summed E-state index contributed by atoms with van der Waals surface area (Å²) in [5.41, 5.74) is 2.17. The number of hydrogen-bond acceptors (Lipinski definition) is 3. The SMILES string of the molecule is COc1cc2c(cc1OC)C(C)(C)CN(C(=O)NC(C)C)C2. The molecule has 0 spiro atoms. The Morgan fingerprint density at radius 2 is 1.82 bits per heavy atom. The number of nitrogens with zero attached hydrogens (tertiary/aromatic N) is 1. The van der Waals surface area contributed by atoms with E-state index in [1.54, 1.807) is 14.2 Å². The minimum absolute atomic E-state index is 0.0245. The predicted octanol–water partition coefficient (Wildman–Crippen LogP) is 2.92. The molecule has 0 saturated heterocycles. The van der Waals surface area contributed by atoms with Gasteiger partial charge in [-0.25, -0.2) is 4.79 Å². The molecule has 22 heavy (non-hydrogen) atoms. The van der Waals surface area contributed by atoms with E-state index >= 15 is 0 Å². The summed E-state index contributed by atoms with van der Waals surface area (Å²) in [6.45, 7) is 9.48. The van der Waals surface area contributed by atoms with Crippen LogP contribution in [0.3, 0.4) is 0 Å². The van der Waals surface area contributed by atoms with E-state index in [0.717, 1.165) is 11.3 Å². The summed E-state index contributed by atoms with van der Waals surface area (Å²) in [6, 6.07) is 4.11. The van der Waals surface area contributed by atoms with Gasteiger partial charge in [-0.3, -0.25) is 0 Å². The largest absolute Gasteiger partial charge is 0.493 e. The molecule has 5 nitrogen and oxygen atoms in total. The van der Waals surface area contributed by atoms with E-state index in [9.17, 15) is 4.79 Å². The number of carbonyl (C=O) groups is 1. The van der Waals surface area contributed by atoms with Gasteiger partial charge in [0.05, 0.1) is 14.2 Å². The van der Waals surface area contributed by atoms with E-state index in [0.29, 0.717) is 18.8 Å². The fourth-order valence-electron chi connectivity index (χ4n) is 2.99. The molecule has 1 aliphatic heterocycles. The molecular weight excluding hydrogens is 280 g/mol. The van der Waals surface area contributed by atoms with Crippen LogP contribution < -0.4 is 14.8 Å². The first kappa shape index (κ1) is 16.5. The van der Waals surface area contributed by atoms with Crippen LogP contribution in [0.5, 0.6) is 11.5 Å². The molecule has 0 bridgehead atoms. The third-order valence-electron chi connectivity index (χ3n) is 3.99. The molecule has 0 aliphatic carbocycles. The number of fused-ring (bicyclic) bond motifs is 1. The molecule has 1 aromatic rings. The van der Waals surface area contributed by atoms with Gasteiger partial charge < -0.3 is 19.7 Å².